The number of aromatic nitrogens is 2. The maximum absolute atomic E-state index is 12.1. The highest BCUT2D eigenvalue weighted by Crippen LogP contribution is 2.25. The van der Waals surface area contributed by atoms with Crippen LogP contribution in [-0.4, -0.2) is 15.9 Å². The van der Waals surface area contributed by atoms with Gasteiger partial charge in [0, 0.05) is 18.8 Å². The van der Waals surface area contributed by atoms with Gasteiger partial charge < -0.3 is 10.3 Å². The van der Waals surface area contributed by atoms with Crippen LogP contribution in [-0.2, 0) is 4.79 Å². The molecule has 106 valence electrons. The number of nitrogens with zero attached hydrogens (tertiary/aromatic N) is 1. The molecule has 1 heterocycles. The van der Waals surface area contributed by atoms with Gasteiger partial charge in [-0.05, 0) is 25.2 Å². The van der Waals surface area contributed by atoms with Gasteiger partial charge in [0.25, 0.3) is 0 Å². The fraction of sp³-hybridized carbons (Fsp3) is 0.733. The van der Waals surface area contributed by atoms with Gasteiger partial charge in [-0.2, -0.15) is 0 Å². The van der Waals surface area contributed by atoms with Crippen molar-refractivity contribution < 1.29 is 4.79 Å². The van der Waals surface area contributed by atoms with Crippen molar-refractivity contribution >= 4 is 5.91 Å². The molecule has 1 saturated carbocycles. The SMILES string of the molecule is CCC(NC(=O)CC1CCCCCC1)c1ncc[nH]1. The molecular formula is C15H25N3O. The van der Waals surface area contributed by atoms with E-state index in [1.165, 1.54) is 38.5 Å². The summed E-state index contributed by atoms with van der Waals surface area (Å²) in [5.41, 5.74) is 0. The van der Waals surface area contributed by atoms with Crippen molar-refractivity contribution in [1.82, 2.24) is 15.3 Å². The summed E-state index contributed by atoms with van der Waals surface area (Å²) in [6.45, 7) is 2.07. The molecule has 0 bridgehead atoms. The van der Waals surface area contributed by atoms with Crippen molar-refractivity contribution in [2.45, 2.75) is 64.3 Å². The topological polar surface area (TPSA) is 57.8 Å². The molecule has 1 aliphatic carbocycles. The zero-order valence-corrected chi connectivity index (χ0v) is 11.8. The van der Waals surface area contributed by atoms with Crippen LogP contribution in [0.5, 0.6) is 0 Å². The Labute approximate surface area is 115 Å². The van der Waals surface area contributed by atoms with Crippen LogP contribution in [0.25, 0.3) is 0 Å². The maximum Gasteiger partial charge on any atom is 0.220 e. The average Bonchev–Trinajstić information content (AvgIpc) is 2.82. The van der Waals surface area contributed by atoms with E-state index in [0.717, 1.165) is 12.2 Å². The highest BCUT2D eigenvalue weighted by molar-refractivity contribution is 5.76. The second kappa shape index (κ2) is 7.31. The molecule has 0 spiro atoms. The summed E-state index contributed by atoms with van der Waals surface area (Å²) in [7, 11) is 0. The molecule has 1 atom stereocenters. The third-order valence-electron chi connectivity index (χ3n) is 4.04. The predicted molar refractivity (Wildman–Crippen MR) is 75.6 cm³/mol. The Morgan fingerprint density at radius 2 is 2.16 bits per heavy atom. The van der Waals surface area contributed by atoms with Crippen LogP contribution in [0.3, 0.4) is 0 Å². The Kier molecular flexibility index (Phi) is 5.43. The van der Waals surface area contributed by atoms with Crippen molar-refractivity contribution in [3.05, 3.63) is 18.2 Å². The Morgan fingerprint density at radius 3 is 2.74 bits per heavy atom. The van der Waals surface area contributed by atoms with E-state index in [-0.39, 0.29) is 11.9 Å². The van der Waals surface area contributed by atoms with Gasteiger partial charge in [0.1, 0.15) is 5.82 Å². The summed E-state index contributed by atoms with van der Waals surface area (Å²) >= 11 is 0. The fourth-order valence-corrected chi connectivity index (χ4v) is 2.92. The third-order valence-corrected chi connectivity index (χ3v) is 4.04. The van der Waals surface area contributed by atoms with Crippen molar-refractivity contribution in [2.75, 3.05) is 0 Å². The van der Waals surface area contributed by atoms with E-state index >= 15 is 0 Å². The average molecular weight is 263 g/mol. The number of amides is 1. The van der Waals surface area contributed by atoms with Gasteiger partial charge in [0.15, 0.2) is 0 Å². The summed E-state index contributed by atoms with van der Waals surface area (Å²) in [6, 6.07) is 0.0216. The van der Waals surface area contributed by atoms with E-state index in [4.69, 9.17) is 0 Å². The van der Waals surface area contributed by atoms with Crippen LogP contribution in [0.4, 0.5) is 0 Å². The number of rotatable bonds is 5. The molecule has 1 fully saturated rings. The molecule has 1 aliphatic rings. The second-order valence-electron chi connectivity index (χ2n) is 5.56. The number of nitrogens with one attached hydrogen (secondary N) is 2. The molecular weight excluding hydrogens is 238 g/mol. The highest BCUT2D eigenvalue weighted by atomic mass is 16.1. The van der Waals surface area contributed by atoms with E-state index in [0.29, 0.717) is 12.3 Å². The normalized spacial score (nSPS) is 18.8. The number of hydrogen-bond acceptors (Lipinski definition) is 2. The molecule has 0 radical (unpaired) electrons. The number of carbonyl (C=O) groups excluding carboxylic acids is 1. The minimum Gasteiger partial charge on any atom is -0.347 e. The number of carbonyl (C=O) groups is 1. The van der Waals surface area contributed by atoms with E-state index in [2.05, 4.69) is 22.2 Å². The standard InChI is InChI=1S/C15H25N3O/c1-2-13(15-16-9-10-17-15)18-14(19)11-12-7-5-3-4-6-8-12/h9-10,12-13H,2-8,11H2,1H3,(H,16,17)(H,18,19). The monoisotopic (exact) mass is 263 g/mol. The smallest absolute Gasteiger partial charge is 0.220 e. The maximum atomic E-state index is 12.1. The first kappa shape index (κ1) is 14.1. The van der Waals surface area contributed by atoms with Crippen molar-refractivity contribution in [3.8, 4) is 0 Å². The van der Waals surface area contributed by atoms with E-state index < -0.39 is 0 Å². The molecule has 1 aromatic rings. The lowest BCUT2D eigenvalue weighted by Gasteiger charge is -2.18. The Bertz CT molecular complexity index is 367. The fourth-order valence-electron chi connectivity index (χ4n) is 2.92. The number of aromatic amines is 1. The van der Waals surface area contributed by atoms with E-state index in [9.17, 15) is 4.79 Å². The van der Waals surface area contributed by atoms with Gasteiger partial charge in [0.2, 0.25) is 5.91 Å². The van der Waals surface area contributed by atoms with Crippen molar-refractivity contribution in [1.29, 1.82) is 0 Å². The third kappa shape index (κ3) is 4.37. The van der Waals surface area contributed by atoms with Crippen LogP contribution in [0.15, 0.2) is 12.4 Å². The number of imidazole rings is 1. The zero-order chi connectivity index (χ0) is 13.5. The second-order valence-corrected chi connectivity index (χ2v) is 5.56. The summed E-state index contributed by atoms with van der Waals surface area (Å²) in [4.78, 5) is 19.4. The summed E-state index contributed by atoms with van der Waals surface area (Å²) < 4.78 is 0. The molecule has 2 rings (SSSR count). The molecule has 0 saturated heterocycles. The van der Waals surface area contributed by atoms with Crippen molar-refractivity contribution in [3.63, 3.8) is 0 Å². The minimum absolute atomic E-state index is 0.0216. The molecule has 2 N–H and O–H groups in total. The molecule has 4 nitrogen and oxygen atoms in total. The Hall–Kier alpha value is -1.32. The van der Waals surface area contributed by atoms with Crippen LogP contribution in [0, 0.1) is 5.92 Å². The molecule has 1 aromatic heterocycles. The van der Waals surface area contributed by atoms with Gasteiger partial charge in [0.05, 0.1) is 6.04 Å². The van der Waals surface area contributed by atoms with Crippen molar-refractivity contribution in [2.24, 2.45) is 5.92 Å². The lowest BCUT2D eigenvalue weighted by Crippen LogP contribution is -2.30. The predicted octanol–water partition coefficient (Wildman–Crippen LogP) is 3.34. The van der Waals surface area contributed by atoms with Crippen LogP contribution in [0.1, 0.15) is 70.2 Å². The first-order chi connectivity index (χ1) is 9.29. The quantitative estimate of drug-likeness (QED) is 0.800. The van der Waals surface area contributed by atoms with Gasteiger partial charge >= 0.3 is 0 Å². The highest BCUT2D eigenvalue weighted by Gasteiger charge is 2.19. The molecule has 0 aliphatic heterocycles. The van der Waals surface area contributed by atoms with Crippen LogP contribution < -0.4 is 5.32 Å². The molecule has 0 aromatic carbocycles. The Balaban J connectivity index is 1.82. The molecule has 1 unspecified atom stereocenters. The summed E-state index contributed by atoms with van der Waals surface area (Å²) in [5, 5.41) is 3.10. The molecule has 19 heavy (non-hydrogen) atoms. The molecule has 1 amide bonds. The van der Waals surface area contributed by atoms with E-state index in [1.807, 2.05) is 0 Å². The number of H-pyrrole nitrogens is 1. The summed E-state index contributed by atoms with van der Waals surface area (Å²) in [5.74, 6) is 1.61. The lowest BCUT2D eigenvalue weighted by atomic mass is 9.96. The lowest BCUT2D eigenvalue weighted by molar-refractivity contribution is -0.123. The minimum atomic E-state index is 0.0216. The zero-order valence-electron chi connectivity index (χ0n) is 11.8. The first-order valence-corrected chi connectivity index (χ1v) is 7.58. The van der Waals surface area contributed by atoms with Gasteiger partial charge in [-0.25, -0.2) is 4.98 Å². The van der Waals surface area contributed by atoms with Crippen LogP contribution in [0.2, 0.25) is 0 Å². The first-order valence-electron chi connectivity index (χ1n) is 7.58. The Morgan fingerprint density at radius 1 is 1.42 bits per heavy atom. The van der Waals surface area contributed by atoms with Gasteiger partial charge in [-0.3, -0.25) is 4.79 Å². The van der Waals surface area contributed by atoms with Gasteiger partial charge in [-0.1, -0.05) is 32.6 Å². The van der Waals surface area contributed by atoms with E-state index in [1.54, 1.807) is 12.4 Å². The molecule has 4 heteroatoms. The van der Waals surface area contributed by atoms with Crippen LogP contribution >= 0.6 is 0 Å². The number of hydrogen-bond donors (Lipinski definition) is 2. The largest absolute Gasteiger partial charge is 0.347 e. The summed E-state index contributed by atoms with van der Waals surface area (Å²) in [6.07, 6.45) is 12.7. The van der Waals surface area contributed by atoms with Gasteiger partial charge in [-0.15, -0.1) is 0 Å².